The minimum absolute atomic E-state index is 0.477. The van der Waals surface area contributed by atoms with Gasteiger partial charge in [-0.15, -0.1) is 15.8 Å². The van der Waals surface area contributed by atoms with Gasteiger partial charge in [-0.25, -0.2) is 0 Å². The number of hydrogen-bond acceptors (Lipinski definition) is 6. The van der Waals surface area contributed by atoms with Crippen LogP contribution in [0.15, 0.2) is 54.6 Å². The van der Waals surface area contributed by atoms with E-state index in [4.69, 9.17) is 30.0 Å². The van der Waals surface area contributed by atoms with Gasteiger partial charge in [0, 0.05) is 12.0 Å². The van der Waals surface area contributed by atoms with Crippen LogP contribution in [-0.4, -0.2) is 0 Å². The second-order valence-electron chi connectivity index (χ2n) is 7.18. The van der Waals surface area contributed by atoms with Crippen LogP contribution in [0.3, 0.4) is 0 Å². The van der Waals surface area contributed by atoms with Crippen molar-refractivity contribution in [3.05, 3.63) is 88.0 Å². The van der Waals surface area contributed by atoms with Gasteiger partial charge in [0.05, 0.1) is 0 Å². The number of benzene rings is 3. The zero-order chi connectivity index (χ0) is 22.2. The zero-order valence-corrected chi connectivity index (χ0v) is 17.2. The second-order valence-corrected chi connectivity index (χ2v) is 7.18. The summed E-state index contributed by atoms with van der Waals surface area (Å²) in [6.45, 7) is 3.86. The number of rotatable bonds is 7. The van der Waals surface area contributed by atoms with Crippen LogP contribution in [-0.2, 0) is 12.8 Å². The summed E-state index contributed by atoms with van der Waals surface area (Å²) in [5, 5.41) is 26.6. The van der Waals surface area contributed by atoms with Crippen LogP contribution in [0.2, 0.25) is 0 Å². The Hall–Kier alpha value is -4.47. The highest BCUT2D eigenvalue weighted by atomic mass is 16.5. The molecule has 0 aliphatic rings. The van der Waals surface area contributed by atoms with Crippen molar-refractivity contribution < 1.29 is 14.2 Å². The molecule has 0 heterocycles. The lowest BCUT2D eigenvalue weighted by molar-refractivity contribution is 0.499. The maximum Gasteiger partial charge on any atom is 0.292 e. The van der Waals surface area contributed by atoms with Crippen LogP contribution in [0, 0.1) is 48.4 Å². The molecule has 0 N–H and O–H groups in total. The molecule has 152 valence electrons. The molecular weight excluding hydrogens is 390 g/mol. The summed E-state index contributed by atoms with van der Waals surface area (Å²) in [7, 11) is 0. The highest BCUT2D eigenvalue weighted by molar-refractivity contribution is 5.45. The molecule has 0 saturated carbocycles. The molecule has 0 amide bonds. The Balaban J connectivity index is 1.88. The number of aryl methyl sites for hydroxylation is 2. The summed E-state index contributed by atoms with van der Waals surface area (Å²) in [4.78, 5) is 0. The van der Waals surface area contributed by atoms with Crippen LogP contribution in [0.25, 0.3) is 0 Å². The number of ether oxygens (including phenoxy) is 3. The molecule has 0 aliphatic heterocycles. The fourth-order valence-electron chi connectivity index (χ4n) is 3.53. The zero-order valence-electron chi connectivity index (χ0n) is 17.2. The monoisotopic (exact) mass is 409 g/mol. The van der Waals surface area contributed by atoms with Gasteiger partial charge in [0.2, 0.25) is 0 Å². The largest absolute Gasteiger partial charge is 0.388 e. The maximum atomic E-state index is 9.11. The topological polar surface area (TPSA) is 99.1 Å². The molecule has 6 heteroatoms. The second kappa shape index (κ2) is 9.83. The number of nitrogens with zero attached hydrogens (tertiary/aromatic N) is 3. The quantitative estimate of drug-likeness (QED) is 0.506. The predicted molar refractivity (Wildman–Crippen MR) is 113 cm³/mol. The first-order valence-corrected chi connectivity index (χ1v) is 9.51. The summed E-state index contributed by atoms with van der Waals surface area (Å²) < 4.78 is 15.1. The van der Waals surface area contributed by atoms with Gasteiger partial charge in [0.1, 0.15) is 17.2 Å². The fraction of sp³-hybridized carbons (Fsp3) is 0.160. The van der Waals surface area contributed by atoms with E-state index in [1.807, 2.05) is 50.2 Å². The first-order chi connectivity index (χ1) is 15.0. The Morgan fingerprint density at radius 2 is 1.16 bits per heavy atom. The number of hydrogen-bond donors (Lipinski definition) is 0. The molecule has 0 saturated heterocycles. The fourth-order valence-corrected chi connectivity index (χ4v) is 3.53. The lowest BCUT2D eigenvalue weighted by atomic mass is 9.97. The summed E-state index contributed by atoms with van der Waals surface area (Å²) in [6, 6.07) is 17.0. The smallest absolute Gasteiger partial charge is 0.292 e. The van der Waals surface area contributed by atoms with Gasteiger partial charge in [0.25, 0.3) is 18.8 Å². The van der Waals surface area contributed by atoms with Gasteiger partial charge in [-0.05, 0) is 78.4 Å². The SMILES string of the molecule is Cc1cc(Cc2ccc(Cc3cc(C)cc(OC#N)c3)c(OC#N)c2)cc(OC#N)c1. The Morgan fingerprint density at radius 1 is 0.613 bits per heavy atom. The van der Waals surface area contributed by atoms with Crippen molar-refractivity contribution in [2.75, 3.05) is 0 Å². The highest BCUT2D eigenvalue weighted by Crippen LogP contribution is 2.28. The highest BCUT2D eigenvalue weighted by Gasteiger charge is 2.10. The molecule has 0 atom stereocenters. The van der Waals surface area contributed by atoms with Crippen LogP contribution in [0.5, 0.6) is 17.2 Å². The molecule has 6 nitrogen and oxygen atoms in total. The van der Waals surface area contributed by atoms with Gasteiger partial charge in [-0.3, -0.25) is 0 Å². The normalized spacial score (nSPS) is 9.77. The molecule has 0 bridgehead atoms. The predicted octanol–water partition coefficient (Wildman–Crippen LogP) is 5.06. The summed E-state index contributed by atoms with van der Waals surface area (Å²) in [5.74, 6) is 1.45. The Kier molecular flexibility index (Phi) is 6.74. The van der Waals surface area contributed by atoms with Crippen LogP contribution in [0.1, 0.15) is 33.4 Å². The Bertz CT molecular complexity index is 1230. The minimum Gasteiger partial charge on any atom is -0.388 e. The third kappa shape index (κ3) is 5.76. The van der Waals surface area contributed by atoms with E-state index in [0.717, 1.165) is 33.4 Å². The molecule has 3 aromatic carbocycles. The average molecular weight is 409 g/mol. The van der Waals surface area contributed by atoms with Crippen molar-refractivity contribution in [1.29, 1.82) is 15.8 Å². The Labute approximate surface area is 181 Å². The molecule has 0 aromatic heterocycles. The van der Waals surface area contributed by atoms with Crippen LogP contribution >= 0.6 is 0 Å². The van der Waals surface area contributed by atoms with Crippen molar-refractivity contribution in [2.24, 2.45) is 0 Å². The molecule has 0 unspecified atom stereocenters. The van der Waals surface area contributed by atoms with Gasteiger partial charge in [-0.2, -0.15) is 0 Å². The van der Waals surface area contributed by atoms with Gasteiger partial charge in [0.15, 0.2) is 0 Å². The van der Waals surface area contributed by atoms with Crippen LogP contribution < -0.4 is 14.2 Å². The van der Waals surface area contributed by atoms with E-state index in [2.05, 4.69) is 0 Å². The Morgan fingerprint density at radius 3 is 1.71 bits per heavy atom. The van der Waals surface area contributed by atoms with E-state index in [-0.39, 0.29) is 0 Å². The standard InChI is InChI=1S/C25H19N3O3/c1-17-5-20(11-23(7-17)29-14-26)9-19-3-4-22(25(13-19)31-16-28)10-21-6-18(2)8-24(12-21)30-15-27/h3-8,11-13H,9-10H2,1-2H3. The van der Waals surface area contributed by atoms with E-state index in [1.54, 1.807) is 37.0 Å². The van der Waals surface area contributed by atoms with E-state index < -0.39 is 0 Å². The molecule has 31 heavy (non-hydrogen) atoms. The van der Waals surface area contributed by atoms with Crippen molar-refractivity contribution in [2.45, 2.75) is 26.7 Å². The van der Waals surface area contributed by atoms with Crippen molar-refractivity contribution in [1.82, 2.24) is 0 Å². The van der Waals surface area contributed by atoms with E-state index in [0.29, 0.717) is 30.1 Å². The summed E-state index contributed by atoms with van der Waals surface area (Å²) >= 11 is 0. The van der Waals surface area contributed by atoms with Crippen molar-refractivity contribution in [3.8, 4) is 36.0 Å². The first kappa shape index (κ1) is 21.2. The van der Waals surface area contributed by atoms with Crippen molar-refractivity contribution in [3.63, 3.8) is 0 Å². The lowest BCUT2D eigenvalue weighted by Gasteiger charge is -2.11. The van der Waals surface area contributed by atoms with Crippen LogP contribution in [0.4, 0.5) is 0 Å². The van der Waals surface area contributed by atoms with E-state index >= 15 is 0 Å². The van der Waals surface area contributed by atoms with E-state index in [9.17, 15) is 0 Å². The third-order valence-corrected chi connectivity index (χ3v) is 4.64. The van der Waals surface area contributed by atoms with Gasteiger partial charge in [-0.1, -0.05) is 24.3 Å². The number of nitriles is 3. The lowest BCUT2D eigenvalue weighted by Crippen LogP contribution is -1.98. The summed E-state index contributed by atoms with van der Waals surface area (Å²) in [5.41, 5.74) is 5.69. The van der Waals surface area contributed by atoms with Crippen molar-refractivity contribution >= 4 is 0 Å². The molecule has 3 aromatic rings. The molecule has 0 spiro atoms. The molecular formula is C25H19N3O3. The molecule has 0 radical (unpaired) electrons. The van der Waals surface area contributed by atoms with Gasteiger partial charge >= 0.3 is 0 Å². The maximum absolute atomic E-state index is 9.11. The molecule has 3 rings (SSSR count). The summed E-state index contributed by atoms with van der Waals surface area (Å²) in [6.07, 6.45) is 6.25. The average Bonchev–Trinajstić information content (AvgIpc) is 2.70. The molecule has 0 fully saturated rings. The molecule has 0 aliphatic carbocycles. The minimum atomic E-state index is 0.477. The first-order valence-electron chi connectivity index (χ1n) is 9.51. The third-order valence-electron chi connectivity index (χ3n) is 4.64. The van der Waals surface area contributed by atoms with Gasteiger partial charge < -0.3 is 14.2 Å². The van der Waals surface area contributed by atoms with E-state index in [1.165, 1.54) is 0 Å².